The van der Waals surface area contributed by atoms with Crippen LogP contribution < -0.4 is 10.2 Å². The molecule has 1 saturated carbocycles. The van der Waals surface area contributed by atoms with Crippen molar-refractivity contribution in [2.24, 2.45) is 0 Å². The zero-order chi connectivity index (χ0) is 14.3. The number of para-hydroxylation sites is 1. The highest BCUT2D eigenvalue weighted by molar-refractivity contribution is 6.00. The lowest BCUT2D eigenvalue weighted by Crippen LogP contribution is -2.39. The third-order valence-electron chi connectivity index (χ3n) is 3.72. The van der Waals surface area contributed by atoms with Gasteiger partial charge in [-0.25, -0.2) is 0 Å². The maximum absolute atomic E-state index is 13.0. The van der Waals surface area contributed by atoms with Gasteiger partial charge in [-0.3, -0.25) is 4.79 Å². The maximum atomic E-state index is 13.0. The number of carbonyl (C=O) groups excluding carboxylic acids is 1. The first kappa shape index (κ1) is 13.4. The fraction of sp³-hybridized carbons (Fsp3) is 0.500. The number of alkyl halides is 3. The number of amides is 1. The summed E-state index contributed by atoms with van der Waals surface area (Å²) in [5, 5.41) is 3.19. The van der Waals surface area contributed by atoms with Crippen molar-refractivity contribution in [2.45, 2.75) is 37.5 Å². The lowest BCUT2D eigenvalue weighted by Gasteiger charge is -2.21. The standard InChI is InChI=1S/C14H15F3N2O/c15-14(16,17)10-3-1-2-4-12(10)19-8-7-11(13(19)20)18-9-5-6-9/h1-4,9,11,18H,5-8H2. The van der Waals surface area contributed by atoms with E-state index in [0.29, 0.717) is 19.0 Å². The number of anilines is 1. The first-order chi connectivity index (χ1) is 9.47. The largest absolute Gasteiger partial charge is 0.418 e. The molecule has 3 rings (SSSR count). The average Bonchev–Trinajstić information content (AvgIpc) is 3.14. The highest BCUT2D eigenvalue weighted by Gasteiger charge is 2.40. The van der Waals surface area contributed by atoms with Crippen molar-refractivity contribution in [2.75, 3.05) is 11.4 Å². The second-order valence-corrected chi connectivity index (χ2v) is 5.29. The van der Waals surface area contributed by atoms with E-state index in [4.69, 9.17) is 0 Å². The number of rotatable bonds is 3. The Kier molecular flexibility index (Phi) is 3.20. The number of nitrogens with zero attached hydrogens (tertiary/aromatic N) is 1. The van der Waals surface area contributed by atoms with Crippen LogP contribution in [0.2, 0.25) is 0 Å². The minimum Gasteiger partial charge on any atom is -0.310 e. The molecule has 20 heavy (non-hydrogen) atoms. The lowest BCUT2D eigenvalue weighted by atomic mass is 10.1. The predicted molar refractivity (Wildman–Crippen MR) is 68.4 cm³/mol. The van der Waals surface area contributed by atoms with Gasteiger partial charge in [-0.1, -0.05) is 12.1 Å². The summed E-state index contributed by atoms with van der Waals surface area (Å²) in [6, 6.07) is 5.27. The molecule has 1 heterocycles. The molecule has 1 aromatic rings. The minimum absolute atomic E-state index is 0.0369. The van der Waals surface area contributed by atoms with Gasteiger partial charge in [-0.15, -0.1) is 0 Å². The maximum Gasteiger partial charge on any atom is 0.418 e. The van der Waals surface area contributed by atoms with Crippen molar-refractivity contribution >= 4 is 11.6 Å². The summed E-state index contributed by atoms with van der Waals surface area (Å²) < 4.78 is 39.0. The zero-order valence-corrected chi connectivity index (χ0v) is 10.8. The molecular formula is C14H15F3N2O. The van der Waals surface area contributed by atoms with Crippen molar-refractivity contribution < 1.29 is 18.0 Å². The average molecular weight is 284 g/mol. The van der Waals surface area contributed by atoms with E-state index >= 15 is 0 Å². The van der Waals surface area contributed by atoms with E-state index in [-0.39, 0.29) is 17.6 Å². The van der Waals surface area contributed by atoms with Crippen LogP contribution in [0.5, 0.6) is 0 Å². The van der Waals surface area contributed by atoms with Gasteiger partial charge in [0.15, 0.2) is 0 Å². The van der Waals surface area contributed by atoms with Gasteiger partial charge in [0, 0.05) is 12.6 Å². The van der Waals surface area contributed by atoms with Crippen molar-refractivity contribution in [3.8, 4) is 0 Å². The molecule has 2 aliphatic rings. The molecule has 1 aliphatic heterocycles. The Bertz CT molecular complexity index is 525. The number of nitrogens with one attached hydrogen (secondary N) is 1. The molecule has 2 fully saturated rings. The van der Waals surface area contributed by atoms with E-state index in [9.17, 15) is 18.0 Å². The molecule has 6 heteroatoms. The summed E-state index contributed by atoms with van der Waals surface area (Å²) in [6.07, 6.45) is -1.80. The molecule has 0 aromatic heterocycles. The summed E-state index contributed by atoms with van der Waals surface area (Å²) in [7, 11) is 0. The number of hydrogen-bond donors (Lipinski definition) is 1. The molecule has 1 atom stereocenters. The quantitative estimate of drug-likeness (QED) is 0.925. The van der Waals surface area contributed by atoms with Gasteiger partial charge in [-0.05, 0) is 31.4 Å². The second kappa shape index (κ2) is 4.77. The number of carbonyl (C=O) groups is 1. The summed E-state index contributed by atoms with van der Waals surface area (Å²) in [5.74, 6) is -0.256. The molecule has 1 aromatic carbocycles. The van der Waals surface area contributed by atoms with Gasteiger partial charge in [-0.2, -0.15) is 13.2 Å². The highest BCUT2D eigenvalue weighted by Crippen LogP contribution is 2.38. The molecule has 0 bridgehead atoms. The van der Waals surface area contributed by atoms with Gasteiger partial charge >= 0.3 is 6.18 Å². The Morgan fingerprint density at radius 2 is 1.85 bits per heavy atom. The van der Waals surface area contributed by atoms with Gasteiger partial charge in [0.25, 0.3) is 0 Å². The van der Waals surface area contributed by atoms with Crippen LogP contribution in [0.3, 0.4) is 0 Å². The van der Waals surface area contributed by atoms with Crippen molar-refractivity contribution in [1.29, 1.82) is 0 Å². The molecule has 0 spiro atoms. The van der Waals surface area contributed by atoms with Gasteiger partial charge < -0.3 is 10.2 Å². The third kappa shape index (κ3) is 2.52. The summed E-state index contributed by atoms with van der Waals surface area (Å²) >= 11 is 0. The van der Waals surface area contributed by atoms with Crippen molar-refractivity contribution in [1.82, 2.24) is 5.32 Å². The highest BCUT2D eigenvalue weighted by atomic mass is 19.4. The van der Waals surface area contributed by atoms with Crippen LogP contribution in [0.25, 0.3) is 0 Å². The minimum atomic E-state index is -4.45. The molecule has 3 nitrogen and oxygen atoms in total. The summed E-state index contributed by atoms with van der Waals surface area (Å²) in [5.41, 5.74) is -0.787. The molecule has 1 saturated heterocycles. The molecule has 1 unspecified atom stereocenters. The van der Waals surface area contributed by atoms with Crippen LogP contribution in [0.1, 0.15) is 24.8 Å². The van der Waals surface area contributed by atoms with Crippen molar-refractivity contribution in [3.05, 3.63) is 29.8 Å². The first-order valence-electron chi connectivity index (χ1n) is 6.70. The van der Waals surface area contributed by atoms with E-state index in [1.807, 2.05) is 0 Å². The molecule has 0 radical (unpaired) electrons. The summed E-state index contributed by atoms with van der Waals surface area (Å²) in [4.78, 5) is 13.5. The Hall–Kier alpha value is -1.56. The van der Waals surface area contributed by atoms with Crippen LogP contribution in [0.15, 0.2) is 24.3 Å². The molecule has 1 amide bonds. The Morgan fingerprint density at radius 3 is 2.50 bits per heavy atom. The molecular weight excluding hydrogens is 269 g/mol. The third-order valence-corrected chi connectivity index (χ3v) is 3.72. The Morgan fingerprint density at radius 1 is 1.15 bits per heavy atom. The normalized spacial score (nSPS) is 23.4. The van der Waals surface area contributed by atoms with Crippen molar-refractivity contribution in [3.63, 3.8) is 0 Å². The number of benzene rings is 1. The fourth-order valence-corrected chi connectivity index (χ4v) is 2.56. The zero-order valence-electron chi connectivity index (χ0n) is 10.8. The van der Waals surface area contributed by atoms with E-state index in [1.54, 1.807) is 0 Å². The molecule has 1 N–H and O–H groups in total. The number of hydrogen-bond acceptors (Lipinski definition) is 2. The second-order valence-electron chi connectivity index (χ2n) is 5.29. The van der Waals surface area contributed by atoms with E-state index in [0.717, 1.165) is 18.9 Å². The predicted octanol–water partition coefficient (Wildman–Crippen LogP) is 2.56. The van der Waals surface area contributed by atoms with Crippen LogP contribution in [-0.4, -0.2) is 24.5 Å². The lowest BCUT2D eigenvalue weighted by molar-refractivity contribution is -0.137. The summed E-state index contributed by atoms with van der Waals surface area (Å²) in [6.45, 7) is 0.330. The van der Waals surface area contributed by atoms with Gasteiger partial charge in [0.1, 0.15) is 0 Å². The van der Waals surface area contributed by atoms with E-state index < -0.39 is 11.7 Å². The van der Waals surface area contributed by atoms with Crippen LogP contribution in [-0.2, 0) is 11.0 Å². The van der Waals surface area contributed by atoms with Crippen LogP contribution in [0.4, 0.5) is 18.9 Å². The Labute approximate surface area is 114 Å². The van der Waals surface area contributed by atoms with E-state index in [2.05, 4.69) is 5.32 Å². The van der Waals surface area contributed by atoms with Crippen LogP contribution in [0, 0.1) is 0 Å². The molecule has 1 aliphatic carbocycles. The first-order valence-corrected chi connectivity index (χ1v) is 6.70. The van der Waals surface area contributed by atoms with Crippen LogP contribution >= 0.6 is 0 Å². The molecule has 108 valence electrons. The SMILES string of the molecule is O=C1C(NC2CC2)CCN1c1ccccc1C(F)(F)F. The van der Waals surface area contributed by atoms with Gasteiger partial charge in [0.05, 0.1) is 17.3 Å². The fourth-order valence-electron chi connectivity index (χ4n) is 2.56. The monoisotopic (exact) mass is 284 g/mol. The topological polar surface area (TPSA) is 32.3 Å². The number of halogens is 3. The smallest absolute Gasteiger partial charge is 0.310 e. The Balaban J connectivity index is 1.84. The van der Waals surface area contributed by atoms with E-state index in [1.165, 1.54) is 23.1 Å². The van der Waals surface area contributed by atoms with Gasteiger partial charge in [0.2, 0.25) is 5.91 Å².